The molecule has 0 bridgehead atoms. The van der Waals surface area contributed by atoms with Crippen LogP contribution in [0.3, 0.4) is 0 Å². The maximum absolute atomic E-state index is 12.2. The molecule has 0 unspecified atom stereocenters. The van der Waals surface area contributed by atoms with Gasteiger partial charge in [-0.1, -0.05) is 35.9 Å². The summed E-state index contributed by atoms with van der Waals surface area (Å²) in [6, 6.07) is 16.2. The molecule has 124 valence electrons. The fraction of sp³-hybridized carbons (Fsp3) is 0.167. The third kappa shape index (κ3) is 3.72. The molecular formula is C18H18N2O3S. The molecule has 3 rings (SSSR count). The highest BCUT2D eigenvalue weighted by atomic mass is 32.2. The van der Waals surface area contributed by atoms with Crippen molar-refractivity contribution in [3.8, 4) is 5.75 Å². The van der Waals surface area contributed by atoms with Gasteiger partial charge in [0.05, 0.1) is 4.90 Å². The number of rotatable bonds is 6. The Bertz CT molecular complexity index is 933. The molecule has 0 amide bonds. The second-order valence-electron chi connectivity index (χ2n) is 5.39. The molecule has 0 aliphatic rings. The number of aromatic nitrogens is 1. The number of hydrogen-bond acceptors (Lipinski definition) is 4. The lowest BCUT2D eigenvalue weighted by molar-refractivity contribution is 0.326. The van der Waals surface area contributed by atoms with Crippen LogP contribution in [0, 0.1) is 6.92 Å². The molecule has 1 aromatic heterocycles. The minimum atomic E-state index is -3.52. The molecule has 1 heterocycles. The van der Waals surface area contributed by atoms with Gasteiger partial charge >= 0.3 is 0 Å². The van der Waals surface area contributed by atoms with Crippen LogP contribution in [0.25, 0.3) is 10.9 Å². The third-order valence-corrected chi connectivity index (χ3v) is 5.06. The number of pyridine rings is 1. The van der Waals surface area contributed by atoms with E-state index in [1.165, 1.54) is 0 Å². The van der Waals surface area contributed by atoms with Crippen LogP contribution < -0.4 is 9.46 Å². The van der Waals surface area contributed by atoms with E-state index in [-0.39, 0.29) is 18.0 Å². The first-order valence-electron chi connectivity index (χ1n) is 7.59. The summed E-state index contributed by atoms with van der Waals surface area (Å²) in [5.74, 6) is 0.641. The van der Waals surface area contributed by atoms with Gasteiger partial charge in [0.2, 0.25) is 10.0 Å². The van der Waals surface area contributed by atoms with Crippen LogP contribution in [0.1, 0.15) is 5.56 Å². The van der Waals surface area contributed by atoms with Gasteiger partial charge in [-0.25, -0.2) is 13.1 Å². The largest absolute Gasteiger partial charge is 0.490 e. The summed E-state index contributed by atoms with van der Waals surface area (Å²) in [6.45, 7) is 2.32. The lowest BCUT2D eigenvalue weighted by atomic mass is 10.2. The molecule has 0 saturated heterocycles. The van der Waals surface area contributed by atoms with E-state index in [9.17, 15) is 8.42 Å². The summed E-state index contributed by atoms with van der Waals surface area (Å²) < 4.78 is 32.6. The van der Waals surface area contributed by atoms with E-state index >= 15 is 0 Å². The van der Waals surface area contributed by atoms with Gasteiger partial charge in [0.25, 0.3) is 0 Å². The summed E-state index contributed by atoms with van der Waals surface area (Å²) in [5.41, 5.74) is 1.78. The van der Waals surface area contributed by atoms with Crippen LogP contribution in [-0.4, -0.2) is 26.6 Å². The van der Waals surface area contributed by atoms with E-state index in [1.807, 2.05) is 37.3 Å². The Morgan fingerprint density at radius 2 is 1.79 bits per heavy atom. The maximum Gasteiger partial charge on any atom is 0.240 e. The van der Waals surface area contributed by atoms with Crippen LogP contribution in [0.2, 0.25) is 0 Å². The summed E-state index contributed by atoms with van der Waals surface area (Å²) >= 11 is 0. The van der Waals surface area contributed by atoms with Crippen molar-refractivity contribution in [3.05, 3.63) is 66.4 Å². The highest BCUT2D eigenvalue weighted by Gasteiger charge is 2.13. The topological polar surface area (TPSA) is 68.3 Å². The van der Waals surface area contributed by atoms with Gasteiger partial charge in [0, 0.05) is 18.1 Å². The van der Waals surface area contributed by atoms with Crippen LogP contribution in [0.5, 0.6) is 5.75 Å². The summed E-state index contributed by atoms with van der Waals surface area (Å²) in [7, 11) is -3.52. The molecule has 6 heteroatoms. The first kappa shape index (κ1) is 16.4. The van der Waals surface area contributed by atoms with Gasteiger partial charge in [0.15, 0.2) is 0 Å². The second-order valence-corrected chi connectivity index (χ2v) is 7.16. The molecular weight excluding hydrogens is 324 g/mol. The average Bonchev–Trinajstić information content (AvgIpc) is 2.59. The highest BCUT2D eigenvalue weighted by Crippen LogP contribution is 2.22. The molecule has 5 nitrogen and oxygen atoms in total. The molecule has 3 aromatic rings. The predicted octanol–water partition coefficient (Wildman–Crippen LogP) is 2.90. The van der Waals surface area contributed by atoms with Crippen molar-refractivity contribution in [2.24, 2.45) is 0 Å². The van der Waals surface area contributed by atoms with Crippen molar-refractivity contribution >= 4 is 20.9 Å². The smallest absolute Gasteiger partial charge is 0.240 e. The Morgan fingerprint density at radius 3 is 2.58 bits per heavy atom. The monoisotopic (exact) mass is 342 g/mol. The number of sulfonamides is 1. The van der Waals surface area contributed by atoms with Gasteiger partial charge in [0.1, 0.15) is 17.9 Å². The number of ether oxygens (including phenoxy) is 1. The number of nitrogens with zero attached hydrogens (tertiary/aromatic N) is 1. The van der Waals surface area contributed by atoms with Crippen LogP contribution in [-0.2, 0) is 10.0 Å². The highest BCUT2D eigenvalue weighted by molar-refractivity contribution is 7.89. The van der Waals surface area contributed by atoms with Gasteiger partial charge < -0.3 is 4.74 Å². The van der Waals surface area contributed by atoms with Crippen molar-refractivity contribution < 1.29 is 13.2 Å². The molecule has 2 aromatic carbocycles. The van der Waals surface area contributed by atoms with Crippen molar-refractivity contribution in [1.29, 1.82) is 0 Å². The van der Waals surface area contributed by atoms with E-state index < -0.39 is 10.0 Å². The fourth-order valence-electron chi connectivity index (χ4n) is 2.33. The van der Waals surface area contributed by atoms with Crippen LogP contribution in [0.15, 0.2) is 65.7 Å². The molecule has 0 atom stereocenters. The summed E-state index contributed by atoms with van der Waals surface area (Å²) in [4.78, 5) is 4.55. The first-order valence-corrected chi connectivity index (χ1v) is 9.07. The Kier molecular flexibility index (Phi) is 4.78. The number of hydrogen-bond donors (Lipinski definition) is 1. The maximum atomic E-state index is 12.2. The molecule has 0 fully saturated rings. The number of aryl methyl sites for hydroxylation is 1. The summed E-state index contributed by atoms with van der Waals surface area (Å²) in [5, 5.41) is 0.982. The SMILES string of the molecule is Cc1ccc(S(=O)(=O)NCCOc2cccc3cccnc23)cc1. The number of nitrogens with one attached hydrogen (secondary N) is 1. The van der Waals surface area contributed by atoms with Gasteiger partial charge in [-0.05, 0) is 31.2 Å². The summed E-state index contributed by atoms with van der Waals surface area (Å²) in [6.07, 6.45) is 1.70. The zero-order valence-corrected chi connectivity index (χ0v) is 14.1. The van der Waals surface area contributed by atoms with Gasteiger partial charge in [-0.2, -0.15) is 0 Å². The lowest BCUT2D eigenvalue weighted by Gasteiger charge is -2.10. The fourth-order valence-corrected chi connectivity index (χ4v) is 3.34. The van der Waals surface area contributed by atoms with Crippen molar-refractivity contribution in [1.82, 2.24) is 9.71 Å². The first-order chi connectivity index (χ1) is 11.6. The molecule has 1 N–H and O–H groups in total. The average molecular weight is 342 g/mol. The Labute approximate surface area is 141 Å². The van der Waals surface area contributed by atoms with Gasteiger partial charge in [-0.3, -0.25) is 4.98 Å². The van der Waals surface area contributed by atoms with Crippen LogP contribution >= 0.6 is 0 Å². The normalized spacial score (nSPS) is 11.5. The molecule has 24 heavy (non-hydrogen) atoms. The van der Waals surface area contributed by atoms with E-state index in [2.05, 4.69) is 9.71 Å². The molecule has 0 spiro atoms. The van der Waals surface area contributed by atoms with E-state index in [1.54, 1.807) is 30.5 Å². The Hall–Kier alpha value is -2.44. The van der Waals surface area contributed by atoms with Gasteiger partial charge in [-0.15, -0.1) is 0 Å². The van der Waals surface area contributed by atoms with Crippen molar-refractivity contribution in [2.45, 2.75) is 11.8 Å². The Balaban J connectivity index is 1.61. The number of fused-ring (bicyclic) bond motifs is 1. The Morgan fingerprint density at radius 1 is 1.04 bits per heavy atom. The molecule has 0 saturated carbocycles. The number of para-hydroxylation sites is 1. The standard InChI is InChI=1S/C18H18N2O3S/c1-14-7-9-16(10-8-14)24(21,22)20-12-13-23-17-6-2-4-15-5-3-11-19-18(15)17/h2-11,20H,12-13H2,1H3. The number of benzene rings is 2. The van der Waals surface area contributed by atoms with E-state index in [0.29, 0.717) is 5.75 Å². The van der Waals surface area contributed by atoms with Crippen LogP contribution in [0.4, 0.5) is 0 Å². The minimum absolute atomic E-state index is 0.180. The zero-order chi connectivity index (χ0) is 17.0. The zero-order valence-electron chi connectivity index (χ0n) is 13.3. The van der Waals surface area contributed by atoms with E-state index in [0.717, 1.165) is 16.5 Å². The molecule has 0 aliphatic carbocycles. The van der Waals surface area contributed by atoms with E-state index in [4.69, 9.17) is 4.74 Å². The quantitative estimate of drug-likeness (QED) is 0.700. The van der Waals surface area contributed by atoms with Crippen molar-refractivity contribution in [2.75, 3.05) is 13.2 Å². The predicted molar refractivity (Wildman–Crippen MR) is 93.6 cm³/mol. The molecule has 0 aliphatic heterocycles. The second kappa shape index (κ2) is 6.98. The lowest BCUT2D eigenvalue weighted by Crippen LogP contribution is -2.28. The minimum Gasteiger partial charge on any atom is -0.490 e. The third-order valence-electron chi connectivity index (χ3n) is 3.58. The van der Waals surface area contributed by atoms with Crippen molar-refractivity contribution in [3.63, 3.8) is 0 Å². The molecule has 0 radical (unpaired) electrons.